The number of likely N-dealkylation sites (N-methyl/N-ethyl adjacent to an activating group) is 1. The Balaban J connectivity index is 1.53. The van der Waals surface area contributed by atoms with E-state index < -0.39 is 76.2 Å². The minimum Gasteiger partial charge on any atom is -0.507 e. The molecule has 5 rings (SSSR count). The van der Waals surface area contributed by atoms with E-state index in [9.17, 15) is 39.0 Å². The molecule has 232 valence electrons. The van der Waals surface area contributed by atoms with Crippen LogP contribution in [0, 0.1) is 23.7 Å². The summed E-state index contributed by atoms with van der Waals surface area (Å²) in [5.74, 6) is -11.0. The number of fused-ring (bicyclic) bond motifs is 3. The summed E-state index contributed by atoms with van der Waals surface area (Å²) in [7, 11) is 6.53. The molecule has 44 heavy (non-hydrogen) atoms. The number of benzene rings is 2. The van der Waals surface area contributed by atoms with Crippen LogP contribution in [0.2, 0.25) is 0 Å². The number of phenols is 1. The summed E-state index contributed by atoms with van der Waals surface area (Å²) < 4.78 is 5.23. The summed E-state index contributed by atoms with van der Waals surface area (Å²) in [6.07, 6.45) is -0.727. The lowest BCUT2D eigenvalue weighted by molar-refractivity contribution is -0.181. The smallest absolute Gasteiger partial charge is 0.412 e. The van der Waals surface area contributed by atoms with Gasteiger partial charge in [-0.05, 0) is 56.6 Å². The van der Waals surface area contributed by atoms with Gasteiger partial charge in [-0.15, -0.1) is 0 Å². The summed E-state index contributed by atoms with van der Waals surface area (Å²) in [6, 6.07) is 8.78. The number of nitrogens with two attached hydrogens (primary N) is 1. The molecule has 3 aliphatic rings. The topological polar surface area (TPSA) is 197 Å². The maximum atomic E-state index is 14.1. The van der Waals surface area contributed by atoms with Crippen LogP contribution in [0.15, 0.2) is 36.4 Å². The standard InChI is InChI=1S/C31H34N4O9/c1-34(2)19-12-15(13-33-30(42)44-16-8-6-5-7-9-16)24(36)21-17(19)10-14-11-18-23(35(3)4)26(38)22(29(32)41)28(40)31(18,43)27(39)20(14)25(21)37/h5-9,12,14,18,20,22-23,36,43H,10-11,13H2,1-4H3,(H2,32,41)(H,33,42)/t14-,18-,20?,22?,23-,31-/m0/s1. The summed E-state index contributed by atoms with van der Waals surface area (Å²) in [5, 5.41) is 25.6. The Kier molecular flexibility index (Phi) is 7.80. The van der Waals surface area contributed by atoms with Crippen molar-refractivity contribution in [1.82, 2.24) is 10.2 Å². The maximum absolute atomic E-state index is 14.1. The summed E-state index contributed by atoms with van der Waals surface area (Å²) >= 11 is 0. The summed E-state index contributed by atoms with van der Waals surface area (Å²) in [6.45, 7) is -0.224. The lowest BCUT2D eigenvalue weighted by atomic mass is 9.52. The Bertz CT molecular complexity index is 1590. The van der Waals surface area contributed by atoms with Crippen LogP contribution in [0.3, 0.4) is 0 Å². The third-order valence-corrected chi connectivity index (χ3v) is 8.98. The Morgan fingerprint density at radius 2 is 1.73 bits per heavy atom. The van der Waals surface area contributed by atoms with E-state index in [1.54, 1.807) is 55.4 Å². The van der Waals surface area contributed by atoms with Crippen molar-refractivity contribution in [3.8, 4) is 11.5 Å². The van der Waals surface area contributed by atoms with Crippen molar-refractivity contribution in [3.63, 3.8) is 0 Å². The number of carbonyl (C=O) groups excluding carboxylic acids is 6. The van der Waals surface area contributed by atoms with Gasteiger partial charge in [0.05, 0.1) is 17.5 Å². The molecule has 0 spiro atoms. The Labute approximate surface area is 252 Å². The predicted molar refractivity (Wildman–Crippen MR) is 155 cm³/mol. The zero-order valence-corrected chi connectivity index (χ0v) is 24.7. The van der Waals surface area contributed by atoms with Crippen LogP contribution in [-0.2, 0) is 32.1 Å². The van der Waals surface area contributed by atoms with Crippen molar-refractivity contribution in [3.05, 3.63) is 53.1 Å². The molecule has 0 bridgehead atoms. The van der Waals surface area contributed by atoms with Gasteiger partial charge in [-0.2, -0.15) is 0 Å². The fraction of sp³-hybridized carbons (Fsp3) is 0.419. The van der Waals surface area contributed by atoms with E-state index in [0.29, 0.717) is 17.0 Å². The number of anilines is 1. The maximum Gasteiger partial charge on any atom is 0.412 e. The fourth-order valence-corrected chi connectivity index (χ4v) is 7.04. The molecular formula is C31H34N4O9. The van der Waals surface area contributed by atoms with Crippen molar-refractivity contribution < 1.29 is 43.7 Å². The van der Waals surface area contributed by atoms with Crippen molar-refractivity contribution in [2.75, 3.05) is 33.1 Å². The number of ether oxygens (including phenoxy) is 1. The van der Waals surface area contributed by atoms with E-state index >= 15 is 0 Å². The highest BCUT2D eigenvalue weighted by Crippen LogP contribution is 2.52. The van der Waals surface area contributed by atoms with E-state index in [-0.39, 0.29) is 30.5 Å². The molecule has 2 fully saturated rings. The molecule has 6 atom stereocenters. The first-order valence-corrected chi connectivity index (χ1v) is 14.1. The van der Waals surface area contributed by atoms with Crippen molar-refractivity contribution in [1.29, 1.82) is 0 Å². The quantitative estimate of drug-likeness (QED) is 0.328. The molecule has 2 aromatic carbocycles. The van der Waals surface area contributed by atoms with Crippen molar-refractivity contribution in [2.24, 2.45) is 29.4 Å². The van der Waals surface area contributed by atoms with Gasteiger partial charge in [-0.3, -0.25) is 28.9 Å². The molecule has 13 heteroatoms. The number of nitrogens with zero attached hydrogens (tertiary/aromatic N) is 2. The second-order valence-corrected chi connectivity index (χ2v) is 12.0. The Hall–Kier alpha value is -4.62. The molecule has 13 nitrogen and oxygen atoms in total. The first-order chi connectivity index (χ1) is 20.7. The second kappa shape index (κ2) is 11.1. The number of aromatic hydroxyl groups is 1. The molecule has 2 amide bonds. The van der Waals surface area contributed by atoms with Crippen LogP contribution >= 0.6 is 0 Å². The minimum absolute atomic E-state index is 0.0494. The van der Waals surface area contributed by atoms with Crippen molar-refractivity contribution >= 4 is 40.8 Å². The van der Waals surface area contributed by atoms with E-state index in [1.165, 1.54) is 19.0 Å². The third kappa shape index (κ3) is 4.72. The lowest BCUT2D eigenvalue weighted by Crippen LogP contribution is -2.74. The van der Waals surface area contributed by atoms with Crippen LogP contribution < -0.4 is 20.7 Å². The number of hydrogen-bond donors (Lipinski definition) is 4. The zero-order chi connectivity index (χ0) is 32.2. The van der Waals surface area contributed by atoms with E-state index in [1.807, 2.05) is 0 Å². The van der Waals surface area contributed by atoms with Crippen LogP contribution in [-0.4, -0.2) is 90.1 Å². The predicted octanol–water partition coefficient (Wildman–Crippen LogP) is 0.222. The van der Waals surface area contributed by atoms with Gasteiger partial charge in [0, 0.05) is 37.8 Å². The SMILES string of the molecule is CN(C)c1cc(CNC(=O)Oc2ccccc2)c(O)c2c1C[C@H]1C[C@H]3[C@H](N(C)C)C(=O)C(C(N)=O)C(=O)[C@@]3(O)C(=O)C1C2=O. The third-order valence-electron chi connectivity index (χ3n) is 8.98. The highest BCUT2D eigenvalue weighted by Gasteiger charge is 2.69. The van der Waals surface area contributed by atoms with Gasteiger partial charge >= 0.3 is 6.09 Å². The molecule has 2 saturated carbocycles. The Morgan fingerprint density at radius 3 is 2.32 bits per heavy atom. The average molecular weight is 607 g/mol. The molecule has 0 radical (unpaired) electrons. The molecule has 5 N–H and O–H groups in total. The van der Waals surface area contributed by atoms with Crippen LogP contribution in [0.1, 0.15) is 27.9 Å². The van der Waals surface area contributed by atoms with Gasteiger partial charge in [-0.25, -0.2) is 4.79 Å². The molecular weight excluding hydrogens is 572 g/mol. The van der Waals surface area contributed by atoms with Gasteiger partial charge in [0.2, 0.25) is 5.91 Å². The number of primary amides is 1. The van der Waals surface area contributed by atoms with E-state index in [0.717, 1.165) is 0 Å². The minimum atomic E-state index is -2.81. The number of phenolic OH excluding ortho intramolecular Hbond substituents is 1. The number of amides is 2. The van der Waals surface area contributed by atoms with Crippen LogP contribution in [0.5, 0.6) is 11.5 Å². The fourth-order valence-electron chi connectivity index (χ4n) is 7.04. The number of carbonyl (C=O) groups is 6. The monoisotopic (exact) mass is 606 g/mol. The number of rotatable bonds is 6. The largest absolute Gasteiger partial charge is 0.507 e. The van der Waals surface area contributed by atoms with Crippen molar-refractivity contribution in [2.45, 2.75) is 31.0 Å². The van der Waals surface area contributed by atoms with Crippen LogP contribution in [0.4, 0.5) is 10.5 Å². The van der Waals surface area contributed by atoms with Gasteiger partial charge in [0.1, 0.15) is 11.5 Å². The molecule has 0 heterocycles. The Morgan fingerprint density at radius 1 is 1.07 bits per heavy atom. The molecule has 0 aromatic heterocycles. The number of Topliss-reactive ketones (excluding diaryl/α,β-unsaturated/α-hetero) is 4. The molecule has 2 aromatic rings. The van der Waals surface area contributed by atoms with Crippen LogP contribution in [0.25, 0.3) is 0 Å². The second-order valence-electron chi connectivity index (χ2n) is 12.0. The van der Waals surface area contributed by atoms with Gasteiger partial charge in [-0.1, -0.05) is 18.2 Å². The lowest BCUT2D eigenvalue weighted by Gasteiger charge is -2.52. The normalized spacial score (nSPS) is 27.7. The highest BCUT2D eigenvalue weighted by atomic mass is 16.6. The van der Waals surface area contributed by atoms with Gasteiger partial charge < -0.3 is 30.9 Å². The van der Waals surface area contributed by atoms with E-state index in [2.05, 4.69) is 5.32 Å². The summed E-state index contributed by atoms with van der Waals surface area (Å²) in [4.78, 5) is 82.6. The number of aliphatic hydroxyl groups is 1. The number of para-hydroxylation sites is 1. The number of nitrogens with one attached hydrogen (secondary N) is 1. The molecule has 0 aliphatic heterocycles. The molecule has 3 aliphatic carbocycles. The molecule has 0 saturated heterocycles. The van der Waals surface area contributed by atoms with Gasteiger partial charge in [0.25, 0.3) is 0 Å². The highest BCUT2D eigenvalue weighted by molar-refractivity contribution is 6.32. The molecule has 2 unspecified atom stereocenters. The first-order valence-electron chi connectivity index (χ1n) is 14.1. The average Bonchev–Trinajstić information content (AvgIpc) is 2.94. The van der Waals surface area contributed by atoms with Gasteiger partial charge in [0.15, 0.2) is 34.7 Å². The number of hydrogen-bond acceptors (Lipinski definition) is 11. The summed E-state index contributed by atoms with van der Waals surface area (Å²) in [5.41, 5.74) is 3.59. The number of ketones is 4. The first kappa shape index (κ1) is 30.8. The zero-order valence-electron chi connectivity index (χ0n) is 24.7. The van der Waals surface area contributed by atoms with E-state index in [4.69, 9.17) is 10.5 Å².